The number of hydrogen-bond donors (Lipinski definition) is 1. The third-order valence-electron chi connectivity index (χ3n) is 3.65. The fourth-order valence-corrected chi connectivity index (χ4v) is 2.96. The second kappa shape index (κ2) is 5.22. The molecule has 1 aromatic carbocycles. The minimum Gasteiger partial charge on any atom is -0.375 e. The third kappa shape index (κ3) is 2.59. The van der Waals surface area contributed by atoms with Gasteiger partial charge in [-0.3, -0.25) is 4.98 Å². The summed E-state index contributed by atoms with van der Waals surface area (Å²) in [6, 6.07) is 10.6. The van der Waals surface area contributed by atoms with Gasteiger partial charge in [-0.05, 0) is 55.5 Å². The molecule has 0 amide bonds. The van der Waals surface area contributed by atoms with E-state index in [0.29, 0.717) is 0 Å². The molecule has 0 bridgehead atoms. The summed E-state index contributed by atoms with van der Waals surface area (Å²) in [7, 11) is 0. The van der Waals surface area contributed by atoms with Gasteiger partial charge in [0, 0.05) is 6.20 Å². The van der Waals surface area contributed by atoms with Crippen molar-refractivity contribution in [3.63, 3.8) is 0 Å². The minimum atomic E-state index is 0.269. The lowest BCUT2D eigenvalue weighted by Crippen LogP contribution is -2.19. The Balaban J connectivity index is 1.88. The molecule has 0 radical (unpaired) electrons. The van der Waals surface area contributed by atoms with E-state index in [4.69, 9.17) is 11.6 Å². The molecule has 1 aromatic heterocycles. The van der Waals surface area contributed by atoms with Crippen LogP contribution in [0, 0.1) is 6.92 Å². The molecule has 3 heteroatoms. The van der Waals surface area contributed by atoms with Gasteiger partial charge in [0.15, 0.2) is 0 Å². The number of rotatable bonds is 2. The summed E-state index contributed by atoms with van der Waals surface area (Å²) < 4.78 is 0. The first-order valence-electron chi connectivity index (χ1n) is 6.70. The number of benzene rings is 1. The topological polar surface area (TPSA) is 24.9 Å². The zero-order valence-corrected chi connectivity index (χ0v) is 11.7. The van der Waals surface area contributed by atoms with Crippen molar-refractivity contribution in [3.8, 4) is 0 Å². The van der Waals surface area contributed by atoms with Crippen LogP contribution >= 0.6 is 11.6 Å². The van der Waals surface area contributed by atoms with Crippen molar-refractivity contribution >= 4 is 17.3 Å². The van der Waals surface area contributed by atoms with E-state index in [1.807, 2.05) is 25.3 Å². The van der Waals surface area contributed by atoms with Crippen LogP contribution in [-0.4, -0.2) is 4.98 Å². The normalized spacial score (nSPS) is 17.9. The van der Waals surface area contributed by atoms with Gasteiger partial charge >= 0.3 is 0 Å². The number of nitrogens with zero attached hydrogens (tertiary/aromatic N) is 1. The van der Waals surface area contributed by atoms with Crippen molar-refractivity contribution in [3.05, 3.63) is 58.4 Å². The molecule has 0 spiro atoms. The predicted molar refractivity (Wildman–Crippen MR) is 79.7 cm³/mol. The first-order valence-corrected chi connectivity index (χ1v) is 7.08. The molecule has 3 rings (SSSR count). The van der Waals surface area contributed by atoms with E-state index in [1.165, 1.54) is 23.2 Å². The van der Waals surface area contributed by atoms with E-state index in [0.717, 1.165) is 23.6 Å². The molecule has 1 unspecified atom stereocenters. The van der Waals surface area contributed by atoms with Crippen LogP contribution in [0.5, 0.6) is 0 Å². The van der Waals surface area contributed by atoms with E-state index < -0.39 is 0 Å². The van der Waals surface area contributed by atoms with Crippen molar-refractivity contribution in [2.24, 2.45) is 0 Å². The first kappa shape index (κ1) is 12.5. The van der Waals surface area contributed by atoms with E-state index in [9.17, 15) is 0 Å². The van der Waals surface area contributed by atoms with Crippen LogP contribution in [0.15, 0.2) is 36.5 Å². The highest BCUT2D eigenvalue weighted by Gasteiger charge is 2.21. The average molecular weight is 273 g/mol. The molecule has 2 nitrogen and oxygen atoms in total. The average Bonchev–Trinajstić information content (AvgIpc) is 2.42. The molecule has 19 heavy (non-hydrogen) atoms. The number of aromatic nitrogens is 1. The number of halogens is 1. The predicted octanol–water partition coefficient (Wildman–Crippen LogP) is 4.53. The van der Waals surface area contributed by atoms with Gasteiger partial charge in [-0.15, -0.1) is 0 Å². The lowest BCUT2D eigenvalue weighted by Gasteiger charge is -2.26. The molecule has 0 saturated heterocycles. The quantitative estimate of drug-likeness (QED) is 0.869. The summed E-state index contributed by atoms with van der Waals surface area (Å²) in [4.78, 5) is 4.54. The SMILES string of the molecule is Cc1ccc(NC2CCCc3cccnc32)c(Cl)c1. The van der Waals surface area contributed by atoms with E-state index >= 15 is 0 Å². The van der Waals surface area contributed by atoms with Gasteiger partial charge in [0.2, 0.25) is 0 Å². The zero-order valence-electron chi connectivity index (χ0n) is 11.0. The Hall–Kier alpha value is -1.54. The first-order chi connectivity index (χ1) is 9.24. The Kier molecular flexibility index (Phi) is 3.43. The summed E-state index contributed by atoms with van der Waals surface area (Å²) in [6.45, 7) is 2.05. The summed E-state index contributed by atoms with van der Waals surface area (Å²) in [5.41, 5.74) is 4.70. The van der Waals surface area contributed by atoms with Crippen molar-refractivity contribution in [2.45, 2.75) is 32.2 Å². The van der Waals surface area contributed by atoms with E-state index in [1.54, 1.807) is 0 Å². The molecule has 0 fully saturated rings. The van der Waals surface area contributed by atoms with Crippen LogP contribution in [0.4, 0.5) is 5.69 Å². The molecule has 1 aliphatic rings. The number of aryl methyl sites for hydroxylation is 2. The van der Waals surface area contributed by atoms with Gasteiger partial charge in [0.05, 0.1) is 22.4 Å². The summed E-state index contributed by atoms with van der Waals surface area (Å²) >= 11 is 6.29. The van der Waals surface area contributed by atoms with Crippen LogP contribution in [0.25, 0.3) is 0 Å². The van der Waals surface area contributed by atoms with Gasteiger partial charge in [-0.1, -0.05) is 23.7 Å². The highest BCUT2D eigenvalue weighted by molar-refractivity contribution is 6.33. The Morgan fingerprint density at radius 3 is 3.05 bits per heavy atom. The Morgan fingerprint density at radius 1 is 1.32 bits per heavy atom. The number of nitrogens with one attached hydrogen (secondary N) is 1. The molecule has 1 heterocycles. The lowest BCUT2D eigenvalue weighted by molar-refractivity contribution is 0.583. The van der Waals surface area contributed by atoms with Gasteiger partial charge < -0.3 is 5.32 Å². The molecular weight excluding hydrogens is 256 g/mol. The minimum absolute atomic E-state index is 0.269. The number of fused-ring (bicyclic) bond motifs is 1. The molecule has 1 N–H and O–H groups in total. The number of hydrogen-bond acceptors (Lipinski definition) is 2. The lowest BCUT2D eigenvalue weighted by atomic mass is 9.92. The summed E-state index contributed by atoms with van der Waals surface area (Å²) in [5.74, 6) is 0. The van der Waals surface area contributed by atoms with Gasteiger partial charge in [-0.25, -0.2) is 0 Å². The molecular formula is C16H17ClN2. The molecule has 2 aromatic rings. The highest BCUT2D eigenvalue weighted by Crippen LogP contribution is 2.33. The molecule has 0 saturated carbocycles. The third-order valence-corrected chi connectivity index (χ3v) is 3.96. The molecule has 98 valence electrons. The maximum absolute atomic E-state index is 6.29. The zero-order chi connectivity index (χ0) is 13.2. The maximum atomic E-state index is 6.29. The maximum Gasteiger partial charge on any atom is 0.0688 e. The van der Waals surface area contributed by atoms with Gasteiger partial charge in [-0.2, -0.15) is 0 Å². The second-order valence-electron chi connectivity index (χ2n) is 5.12. The Bertz CT molecular complexity index is 595. The van der Waals surface area contributed by atoms with Crippen LogP contribution in [0.3, 0.4) is 0 Å². The highest BCUT2D eigenvalue weighted by atomic mass is 35.5. The van der Waals surface area contributed by atoms with Gasteiger partial charge in [0.1, 0.15) is 0 Å². The largest absolute Gasteiger partial charge is 0.375 e. The van der Waals surface area contributed by atoms with Crippen LogP contribution < -0.4 is 5.32 Å². The van der Waals surface area contributed by atoms with Crippen LogP contribution in [0.1, 0.15) is 35.7 Å². The summed E-state index contributed by atoms with van der Waals surface area (Å²) in [5, 5.41) is 4.32. The van der Waals surface area contributed by atoms with E-state index in [2.05, 4.69) is 28.5 Å². The van der Waals surface area contributed by atoms with Gasteiger partial charge in [0.25, 0.3) is 0 Å². The summed E-state index contributed by atoms with van der Waals surface area (Å²) in [6.07, 6.45) is 5.30. The second-order valence-corrected chi connectivity index (χ2v) is 5.53. The Labute approximate surface area is 118 Å². The van der Waals surface area contributed by atoms with E-state index in [-0.39, 0.29) is 6.04 Å². The monoisotopic (exact) mass is 272 g/mol. The van der Waals surface area contributed by atoms with Crippen LogP contribution in [0.2, 0.25) is 5.02 Å². The number of anilines is 1. The standard InChI is InChI=1S/C16H17ClN2/c1-11-7-8-14(13(17)10-11)19-15-6-2-4-12-5-3-9-18-16(12)15/h3,5,7-10,15,19H,2,4,6H2,1H3. The number of pyridine rings is 1. The van der Waals surface area contributed by atoms with Crippen molar-refractivity contribution in [1.82, 2.24) is 4.98 Å². The van der Waals surface area contributed by atoms with Crippen molar-refractivity contribution < 1.29 is 0 Å². The molecule has 1 atom stereocenters. The fourth-order valence-electron chi connectivity index (χ4n) is 2.67. The van der Waals surface area contributed by atoms with Crippen LogP contribution in [-0.2, 0) is 6.42 Å². The molecule has 1 aliphatic carbocycles. The fraction of sp³-hybridized carbons (Fsp3) is 0.312. The van der Waals surface area contributed by atoms with Crippen molar-refractivity contribution in [2.75, 3.05) is 5.32 Å². The smallest absolute Gasteiger partial charge is 0.0688 e. The molecule has 0 aliphatic heterocycles. The Morgan fingerprint density at radius 2 is 2.21 bits per heavy atom. The van der Waals surface area contributed by atoms with Crippen molar-refractivity contribution in [1.29, 1.82) is 0 Å².